The molecule has 2 aromatic rings. The Morgan fingerprint density at radius 1 is 1.09 bits per heavy atom. The quantitative estimate of drug-likeness (QED) is 0.161. The summed E-state index contributed by atoms with van der Waals surface area (Å²) in [6.45, 7) is 10.4. The van der Waals surface area contributed by atoms with Gasteiger partial charge in [0.15, 0.2) is 23.1 Å². The van der Waals surface area contributed by atoms with Gasteiger partial charge in [0.1, 0.15) is 11.6 Å². The zero-order chi connectivity index (χ0) is 31.0. The number of halogens is 2. The maximum atomic E-state index is 15.5. The molecule has 9 nitrogen and oxygen atoms in total. The number of unbranched alkanes of at least 4 members (excludes halogenated alkanes) is 1. The van der Waals surface area contributed by atoms with E-state index in [9.17, 15) is 14.9 Å². The lowest BCUT2D eigenvalue weighted by atomic mass is 9.83. The van der Waals surface area contributed by atoms with Crippen molar-refractivity contribution in [3.05, 3.63) is 51.8 Å². The summed E-state index contributed by atoms with van der Waals surface area (Å²) in [6, 6.07) is 7.34. The average Bonchev–Trinajstić information content (AvgIpc) is 3.23. The van der Waals surface area contributed by atoms with Gasteiger partial charge < -0.3 is 24.2 Å². The van der Waals surface area contributed by atoms with E-state index in [0.717, 1.165) is 11.1 Å². The van der Waals surface area contributed by atoms with E-state index in [1.807, 2.05) is 20.8 Å². The highest BCUT2D eigenvalue weighted by atomic mass is 79.9. The number of carboxylic acid groups (broad SMARTS) is 1. The van der Waals surface area contributed by atoms with Crippen molar-refractivity contribution in [3.63, 3.8) is 0 Å². The van der Waals surface area contributed by atoms with Crippen molar-refractivity contribution < 1.29 is 33.3 Å². The van der Waals surface area contributed by atoms with Crippen LogP contribution in [-0.4, -0.2) is 54.0 Å². The number of carbonyl (C=O) groups is 2. The Balaban J connectivity index is 0.00000645. The summed E-state index contributed by atoms with van der Waals surface area (Å²) < 4.78 is 32.7. The van der Waals surface area contributed by atoms with E-state index in [1.54, 1.807) is 32.0 Å². The first-order valence-corrected chi connectivity index (χ1v) is 14.3. The summed E-state index contributed by atoms with van der Waals surface area (Å²) in [5.41, 5.74) is 2.19. The minimum absolute atomic E-state index is 0. The molecule has 0 saturated carbocycles. The summed E-state index contributed by atoms with van der Waals surface area (Å²) in [5, 5.41) is 26.8. The molecule has 0 radical (unpaired) electrons. The van der Waals surface area contributed by atoms with Gasteiger partial charge in [0.25, 0.3) is 0 Å². The monoisotopic (exact) mass is 661 g/mol. The maximum absolute atomic E-state index is 15.5. The van der Waals surface area contributed by atoms with Gasteiger partial charge in [0.05, 0.1) is 38.0 Å². The molecule has 0 bridgehead atoms. The van der Waals surface area contributed by atoms with Crippen LogP contribution in [0.2, 0.25) is 0 Å². The van der Waals surface area contributed by atoms with Crippen LogP contribution in [0.25, 0.3) is 0 Å². The number of ether oxygens (including phenoxy) is 3. The van der Waals surface area contributed by atoms with E-state index in [4.69, 9.17) is 24.7 Å². The van der Waals surface area contributed by atoms with Gasteiger partial charge in [-0.05, 0) is 67.9 Å². The largest absolute Gasteiger partial charge is 0.493 e. The molecule has 0 amide bonds. The van der Waals surface area contributed by atoms with Crippen molar-refractivity contribution >= 4 is 34.6 Å². The predicted molar refractivity (Wildman–Crippen MR) is 167 cm³/mol. The lowest BCUT2D eigenvalue weighted by molar-refractivity contribution is -0.137. The summed E-state index contributed by atoms with van der Waals surface area (Å²) in [6.07, 6.45) is 1.70. The number of carboxylic acids is 1. The fourth-order valence-electron chi connectivity index (χ4n) is 4.93. The Bertz CT molecular complexity index is 1380. The number of hydrogen-bond acceptors (Lipinski definition) is 7. The molecule has 0 aliphatic carbocycles. The number of rotatable bonds is 15. The van der Waals surface area contributed by atoms with Gasteiger partial charge in [-0.15, -0.1) is 17.0 Å². The second-order valence-corrected chi connectivity index (χ2v) is 11.2. The van der Waals surface area contributed by atoms with Crippen molar-refractivity contribution in [2.45, 2.75) is 78.7 Å². The average molecular weight is 663 g/mol. The number of aryl methyl sites for hydroxylation is 1. The summed E-state index contributed by atoms with van der Waals surface area (Å²) >= 11 is 0. The number of Topliss-reactive ketones (excluding diaryl/α,β-unsaturated/α-hetero) is 1. The maximum Gasteiger partial charge on any atom is 0.303 e. The number of carbonyl (C=O) groups excluding carboxylic acids is 1. The van der Waals surface area contributed by atoms with Gasteiger partial charge in [-0.2, -0.15) is 5.26 Å². The Hall–Kier alpha value is -3.65. The zero-order valence-corrected chi connectivity index (χ0v) is 27.2. The first-order valence-electron chi connectivity index (χ1n) is 14.3. The van der Waals surface area contributed by atoms with E-state index < -0.39 is 17.2 Å². The third kappa shape index (κ3) is 8.69. The Morgan fingerprint density at radius 2 is 1.79 bits per heavy atom. The number of nitrogens with zero attached hydrogens (tertiary/aromatic N) is 2. The predicted octanol–water partition coefficient (Wildman–Crippen LogP) is 6.61. The molecule has 11 heteroatoms. The van der Waals surface area contributed by atoms with Crippen molar-refractivity contribution in [3.8, 4) is 23.3 Å². The highest BCUT2D eigenvalue weighted by Crippen LogP contribution is 2.40. The molecule has 0 unspecified atom stereocenters. The standard InChI is InChI=1S/C32H40FN3O6.BrH/c1-6-40-25-17-22-18-36(31(35)27(22)28(33)30(25)41-7-2)19-24(37)21-15-20(11-10-13-34)29(23(16-21)32(3,4)5)42-14-9-8-12-26(38)39;/h15-17,35H,6-12,14,18-19H2,1-5H3,(H,38,39);1H. The van der Waals surface area contributed by atoms with Crippen LogP contribution >= 0.6 is 17.0 Å². The van der Waals surface area contributed by atoms with Gasteiger partial charge in [0, 0.05) is 30.5 Å². The lowest BCUT2D eigenvalue weighted by Crippen LogP contribution is -2.31. The first kappa shape index (κ1) is 35.5. The third-order valence-electron chi connectivity index (χ3n) is 6.94. The SMILES string of the molecule is Br.CCOc1cc2c(c(F)c1OCC)C(=N)N(CC(=O)c1cc(CCC#N)c(OCCCCC(=O)O)c(C(C)(C)C)c1)C2. The molecular formula is C32H41BrFN3O6. The molecular weight excluding hydrogens is 621 g/mol. The van der Waals surface area contributed by atoms with Crippen LogP contribution in [0, 0.1) is 22.6 Å². The van der Waals surface area contributed by atoms with Crippen molar-refractivity contribution in [2.24, 2.45) is 0 Å². The topological polar surface area (TPSA) is 133 Å². The molecule has 2 aromatic carbocycles. The second-order valence-electron chi connectivity index (χ2n) is 11.2. The van der Waals surface area contributed by atoms with Gasteiger partial charge in [-0.3, -0.25) is 15.0 Å². The van der Waals surface area contributed by atoms with Crippen LogP contribution in [0.3, 0.4) is 0 Å². The van der Waals surface area contributed by atoms with Crippen LogP contribution < -0.4 is 14.2 Å². The number of fused-ring (bicyclic) bond motifs is 1. The van der Waals surface area contributed by atoms with Crippen molar-refractivity contribution in [2.75, 3.05) is 26.4 Å². The number of amidine groups is 1. The second kappa shape index (κ2) is 15.7. The minimum Gasteiger partial charge on any atom is -0.493 e. The molecule has 0 spiro atoms. The number of nitriles is 1. The highest BCUT2D eigenvalue weighted by Gasteiger charge is 2.33. The third-order valence-corrected chi connectivity index (χ3v) is 6.94. The van der Waals surface area contributed by atoms with Crippen LogP contribution in [-0.2, 0) is 23.2 Å². The van der Waals surface area contributed by atoms with Crippen molar-refractivity contribution in [1.82, 2.24) is 4.90 Å². The Morgan fingerprint density at radius 3 is 2.40 bits per heavy atom. The van der Waals surface area contributed by atoms with Gasteiger partial charge in [-0.25, -0.2) is 4.39 Å². The molecule has 234 valence electrons. The molecule has 0 saturated heterocycles. The first-order chi connectivity index (χ1) is 19.9. The van der Waals surface area contributed by atoms with Crippen molar-refractivity contribution in [1.29, 1.82) is 10.7 Å². The molecule has 43 heavy (non-hydrogen) atoms. The molecule has 1 aliphatic rings. The van der Waals surface area contributed by atoms with Gasteiger partial charge in [-0.1, -0.05) is 20.8 Å². The molecule has 3 rings (SSSR count). The normalized spacial score (nSPS) is 12.3. The van der Waals surface area contributed by atoms with Gasteiger partial charge in [0.2, 0.25) is 0 Å². The summed E-state index contributed by atoms with van der Waals surface area (Å²) in [5.74, 6) is -1.03. The Labute approximate surface area is 263 Å². The molecule has 0 fully saturated rings. The zero-order valence-electron chi connectivity index (χ0n) is 25.5. The fourth-order valence-corrected chi connectivity index (χ4v) is 4.93. The molecule has 0 aromatic heterocycles. The number of ketones is 1. The number of hydrogen-bond donors (Lipinski definition) is 2. The smallest absolute Gasteiger partial charge is 0.303 e. The number of aliphatic carboxylic acids is 1. The van der Waals surface area contributed by atoms with E-state index in [2.05, 4.69) is 6.07 Å². The number of benzene rings is 2. The van der Waals surface area contributed by atoms with Crippen LogP contribution in [0.1, 0.15) is 92.9 Å². The number of nitrogens with one attached hydrogen (secondary N) is 1. The van der Waals surface area contributed by atoms with Crippen LogP contribution in [0.15, 0.2) is 18.2 Å². The lowest BCUT2D eigenvalue weighted by Gasteiger charge is -2.26. The van der Waals surface area contributed by atoms with E-state index >= 15 is 4.39 Å². The summed E-state index contributed by atoms with van der Waals surface area (Å²) in [7, 11) is 0. The molecule has 0 atom stereocenters. The van der Waals surface area contributed by atoms with E-state index in [0.29, 0.717) is 49.4 Å². The minimum atomic E-state index is -0.857. The Kier molecular flexibility index (Phi) is 13.0. The van der Waals surface area contributed by atoms with E-state index in [1.165, 1.54) is 4.90 Å². The van der Waals surface area contributed by atoms with Crippen LogP contribution in [0.4, 0.5) is 4.39 Å². The van der Waals surface area contributed by atoms with Crippen LogP contribution in [0.5, 0.6) is 17.2 Å². The fraction of sp³-hybridized carbons (Fsp3) is 0.500. The molecule has 2 N–H and O–H groups in total. The van der Waals surface area contributed by atoms with E-state index in [-0.39, 0.29) is 78.2 Å². The highest BCUT2D eigenvalue weighted by molar-refractivity contribution is 8.93. The van der Waals surface area contributed by atoms with Gasteiger partial charge >= 0.3 is 5.97 Å². The summed E-state index contributed by atoms with van der Waals surface area (Å²) in [4.78, 5) is 26.0. The molecule has 1 aliphatic heterocycles. The molecule has 1 heterocycles.